The maximum atomic E-state index is 4.50. The van der Waals surface area contributed by atoms with Gasteiger partial charge in [-0.25, -0.2) is 4.98 Å². The lowest BCUT2D eigenvalue weighted by atomic mass is 9.92. The molecule has 0 aliphatic heterocycles. The largest absolute Gasteiger partial charge is 0.249 e. The van der Waals surface area contributed by atoms with Gasteiger partial charge in [0.15, 0.2) is 0 Å². The minimum Gasteiger partial charge on any atom is -0.249 e. The molecule has 0 aliphatic rings. The van der Waals surface area contributed by atoms with E-state index < -0.39 is 0 Å². The molecule has 1 unspecified atom stereocenters. The number of pyridine rings is 1. The Morgan fingerprint density at radius 2 is 2.12 bits per heavy atom. The van der Waals surface area contributed by atoms with Crippen LogP contribution in [0.15, 0.2) is 22.7 Å². The Morgan fingerprint density at radius 3 is 2.62 bits per heavy atom. The van der Waals surface area contributed by atoms with Gasteiger partial charge in [0.2, 0.25) is 0 Å². The van der Waals surface area contributed by atoms with Crippen LogP contribution in [0.2, 0.25) is 0 Å². The van der Waals surface area contributed by atoms with Gasteiger partial charge in [-0.3, -0.25) is 0 Å². The zero-order valence-corrected chi connectivity index (χ0v) is 11.7. The number of aromatic nitrogens is 1. The minimum absolute atomic E-state index is 0.604. The quantitative estimate of drug-likeness (QED) is 0.693. The van der Waals surface area contributed by atoms with Gasteiger partial charge in [-0.2, -0.15) is 0 Å². The molecule has 2 heteroatoms. The van der Waals surface area contributed by atoms with Crippen molar-refractivity contribution in [2.75, 3.05) is 0 Å². The van der Waals surface area contributed by atoms with Gasteiger partial charge < -0.3 is 0 Å². The van der Waals surface area contributed by atoms with Crippen molar-refractivity contribution in [3.05, 3.63) is 34.4 Å². The number of hydrogen-bond acceptors (Lipinski definition) is 2. The van der Waals surface area contributed by atoms with E-state index in [1.807, 2.05) is 13.1 Å². The molecule has 0 aromatic carbocycles. The zero-order chi connectivity index (χ0) is 12.3. The summed E-state index contributed by atoms with van der Waals surface area (Å²) in [5, 5.41) is 1.11. The molecule has 0 bridgehead atoms. The smallest absolute Gasteiger partial charge is 0.104 e. The summed E-state index contributed by atoms with van der Waals surface area (Å²) in [4.78, 5) is 5.59. The van der Waals surface area contributed by atoms with Crippen molar-refractivity contribution in [1.82, 2.24) is 4.98 Å². The van der Waals surface area contributed by atoms with Crippen LogP contribution in [0, 0.1) is 13.8 Å². The van der Waals surface area contributed by atoms with Crippen LogP contribution < -0.4 is 0 Å². The Labute approximate surface area is 103 Å². The summed E-state index contributed by atoms with van der Waals surface area (Å²) in [6, 6.07) is 0. The molecule has 88 valence electrons. The van der Waals surface area contributed by atoms with Gasteiger partial charge in [-0.1, -0.05) is 32.2 Å². The molecule has 0 saturated carbocycles. The van der Waals surface area contributed by atoms with Crippen LogP contribution in [0.25, 0.3) is 0 Å². The van der Waals surface area contributed by atoms with Crippen LogP contribution in [0.3, 0.4) is 0 Å². The van der Waals surface area contributed by atoms with Gasteiger partial charge in [-0.15, -0.1) is 0 Å². The van der Waals surface area contributed by atoms with Crippen molar-refractivity contribution in [2.24, 2.45) is 0 Å². The van der Waals surface area contributed by atoms with Gasteiger partial charge in [0.1, 0.15) is 5.03 Å². The number of allylic oxidation sites excluding steroid dienone is 1. The van der Waals surface area contributed by atoms with Crippen LogP contribution in [-0.2, 0) is 0 Å². The van der Waals surface area contributed by atoms with Crippen molar-refractivity contribution in [3.8, 4) is 0 Å². The predicted octanol–water partition coefficient (Wildman–Crippen LogP) is 4.84. The maximum Gasteiger partial charge on any atom is 0.104 e. The van der Waals surface area contributed by atoms with Crippen LogP contribution in [0.5, 0.6) is 0 Å². The zero-order valence-electron chi connectivity index (χ0n) is 10.9. The van der Waals surface area contributed by atoms with Gasteiger partial charge >= 0.3 is 0 Å². The first-order valence-corrected chi connectivity index (χ1v) is 6.58. The second-order valence-corrected chi connectivity index (χ2v) is 5.69. The molecule has 0 saturated heterocycles. The van der Waals surface area contributed by atoms with Crippen molar-refractivity contribution in [3.63, 3.8) is 0 Å². The molecule has 1 nitrogen and oxygen atoms in total. The lowest BCUT2D eigenvalue weighted by Gasteiger charge is -2.17. The van der Waals surface area contributed by atoms with Gasteiger partial charge in [0.05, 0.1) is 0 Å². The monoisotopic (exact) mass is 235 g/mol. The fourth-order valence-electron chi connectivity index (χ4n) is 1.96. The van der Waals surface area contributed by atoms with E-state index in [2.05, 4.69) is 39.3 Å². The van der Waals surface area contributed by atoms with Gasteiger partial charge in [0.25, 0.3) is 0 Å². The van der Waals surface area contributed by atoms with Crippen LogP contribution in [-0.4, -0.2) is 4.98 Å². The van der Waals surface area contributed by atoms with E-state index in [1.54, 1.807) is 11.8 Å². The Kier molecular flexibility index (Phi) is 4.60. The number of rotatable bonds is 4. The topological polar surface area (TPSA) is 12.9 Å². The van der Waals surface area contributed by atoms with Crippen molar-refractivity contribution < 1.29 is 0 Å². The van der Waals surface area contributed by atoms with E-state index in [4.69, 9.17) is 0 Å². The summed E-state index contributed by atoms with van der Waals surface area (Å²) in [6.07, 6.45) is 3.16. The minimum atomic E-state index is 0.604. The van der Waals surface area contributed by atoms with Crippen molar-refractivity contribution in [1.29, 1.82) is 0 Å². The fourth-order valence-corrected chi connectivity index (χ4v) is 2.66. The first kappa shape index (κ1) is 13.3. The molecule has 0 N–H and O–H groups in total. The number of aryl methyl sites for hydroxylation is 1. The average molecular weight is 235 g/mol. The van der Waals surface area contributed by atoms with Crippen molar-refractivity contribution >= 4 is 11.8 Å². The second kappa shape index (κ2) is 5.53. The molecule has 0 fully saturated rings. The van der Waals surface area contributed by atoms with Crippen LogP contribution in [0.1, 0.15) is 49.8 Å². The highest BCUT2D eigenvalue weighted by atomic mass is 32.2. The SMILES string of the molecule is C=C(C)Sc1ncc(C)c(C(C)CC)c1C. The first-order valence-electron chi connectivity index (χ1n) is 5.76. The summed E-state index contributed by atoms with van der Waals surface area (Å²) in [5.74, 6) is 0.604. The Balaban J connectivity index is 3.21. The summed E-state index contributed by atoms with van der Waals surface area (Å²) in [7, 11) is 0. The van der Waals surface area contributed by atoms with E-state index in [-0.39, 0.29) is 0 Å². The van der Waals surface area contributed by atoms with Crippen molar-refractivity contribution in [2.45, 2.75) is 52.0 Å². The Hall–Kier alpha value is -0.760. The Morgan fingerprint density at radius 1 is 1.50 bits per heavy atom. The highest BCUT2D eigenvalue weighted by molar-refractivity contribution is 8.03. The second-order valence-electron chi connectivity index (χ2n) is 4.40. The van der Waals surface area contributed by atoms with E-state index >= 15 is 0 Å². The molecule has 0 spiro atoms. The normalized spacial score (nSPS) is 12.6. The van der Waals surface area contributed by atoms with E-state index in [1.165, 1.54) is 23.1 Å². The van der Waals surface area contributed by atoms with E-state index in [0.717, 1.165) is 9.93 Å². The molecule has 1 aromatic rings. The highest BCUT2D eigenvalue weighted by Crippen LogP contribution is 2.33. The van der Waals surface area contributed by atoms with E-state index in [9.17, 15) is 0 Å². The molecular formula is C14H21NS. The molecule has 0 aliphatic carbocycles. The van der Waals surface area contributed by atoms with E-state index in [0.29, 0.717) is 5.92 Å². The molecule has 1 rings (SSSR count). The molecule has 1 heterocycles. The third kappa shape index (κ3) is 2.88. The number of hydrogen-bond donors (Lipinski definition) is 0. The summed E-state index contributed by atoms with van der Waals surface area (Å²) >= 11 is 1.67. The fraction of sp³-hybridized carbons (Fsp3) is 0.500. The lowest BCUT2D eigenvalue weighted by molar-refractivity contribution is 0.714. The van der Waals surface area contributed by atoms with Gasteiger partial charge in [-0.05, 0) is 54.7 Å². The first-order chi connectivity index (χ1) is 7.47. The molecule has 1 atom stereocenters. The summed E-state index contributed by atoms with van der Waals surface area (Å²) in [6.45, 7) is 14.8. The van der Waals surface area contributed by atoms with Crippen LogP contribution in [0.4, 0.5) is 0 Å². The number of thioether (sulfide) groups is 1. The highest BCUT2D eigenvalue weighted by Gasteiger charge is 2.14. The summed E-state index contributed by atoms with van der Waals surface area (Å²) < 4.78 is 0. The third-order valence-corrected chi connectivity index (χ3v) is 3.85. The molecular weight excluding hydrogens is 214 g/mol. The third-order valence-electron chi connectivity index (χ3n) is 2.90. The Bertz CT molecular complexity index is 396. The molecule has 0 amide bonds. The lowest BCUT2D eigenvalue weighted by Crippen LogP contribution is -2.02. The standard InChI is InChI=1S/C14H21NS/c1-7-10(4)13-11(5)8-15-14(12(13)6)16-9(2)3/h8,10H,2,7H2,1,3-6H3. The number of nitrogens with zero attached hydrogens (tertiary/aromatic N) is 1. The predicted molar refractivity (Wildman–Crippen MR) is 73.1 cm³/mol. The maximum absolute atomic E-state index is 4.50. The summed E-state index contributed by atoms with van der Waals surface area (Å²) in [5.41, 5.74) is 4.08. The molecule has 0 radical (unpaired) electrons. The van der Waals surface area contributed by atoms with Gasteiger partial charge in [0, 0.05) is 6.20 Å². The average Bonchev–Trinajstić information content (AvgIpc) is 2.21. The molecule has 16 heavy (non-hydrogen) atoms. The molecule has 1 aromatic heterocycles. The van der Waals surface area contributed by atoms with Crippen LogP contribution >= 0.6 is 11.8 Å².